The van der Waals surface area contributed by atoms with Crippen molar-refractivity contribution < 1.29 is 0 Å². The number of rotatable bonds is 2. The van der Waals surface area contributed by atoms with Gasteiger partial charge in [-0.1, -0.05) is 11.6 Å². The van der Waals surface area contributed by atoms with Crippen LogP contribution in [0.3, 0.4) is 0 Å². The van der Waals surface area contributed by atoms with E-state index in [9.17, 15) is 0 Å². The van der Waals surface area contributed by atoms with E-state index in [1.54, 1.807) is 0 Å². The molecule has 2 N–H and O–H groups in total. The summed E-state index contributed by atoms with van der Waals surface area (Å²) in [6.07, 6.45) is 0. The summed E-state index contributed by atoms with van der Waals surface area (Å²) in [7, 11) is 0. The number of halogens is 1. The third-order valence-electron chi connectivity index (χ3n) is 2.99. The van der Waals surface area contributed by atoms with Crippen LogP contribution in [-0.4, -0.2) is 41.4 Å². The molecular weight excluding hydrogens is 250 g/mol. The molecule has 3 rings (SSSR count). The van der Waals surface area contributed by atoms with Gasteiger partial charge in [-0.3, -0.25) is 5.10 Å². The molecule has 1 fully saturated rings. The normalized spacial score (nSPS) is 15.9. The molecule has 1 saturated heterocycles. The number of aromatic nitrogens is 3. The first-order valence-electron chi connectivity index (χ1n) is 5.97. The van der Waals surface area contributed by atoms with Crippen LogP contribution in [0.25, 0.3) is 11.4 Å². The Morgan fingerprint density at radius 1 is 1.11 bits per heavy atom. The standard InChI is InChI=1S/C12H14ClN5/c13-10-3-1-9(2-4-10)11-15-12(17-16-11)18-7-5-14-6-8-18/h1-4,14H,5-8H2,(H,15,16,17). The summed E-state index contributed by atoms with van der Waals surface area (Å²) in [5, 5.41) is 11.3. The Kier molecular flexibility index (Phi) is 3.17. The molecule has 1 aromatic heterocycles. The number of hydrogen-bond acceptors (Lipinski definition) is 4. The van der Waals surface area contributed by atoms with Gasteiger partial charge in [-0.25, -0.2) is 0 Å². The minimum absolute atomic E-state index is 0.723. The maximum absolute atomic E-state index is 5.86. The van der Waals surface area contributed by atoms with Gasteiger partial charge in [0.2, 0.25) is 5.95 Å². The molecule has 2 heterocycles. The van der Waals surface area contributed by atoms with E-state index in [0.29, 0.717) is 0 Å². The quantitative estimate of drug-likeness (QED) is 0.863. The predicted octanol–water partition coefficient (Wildman–Crippen LogP) is 1.53. The first-order valence-corrected chi connectivity index (χ1v) is 6.35. The van der Waals surface area contributed by atoms with Crippen LogP contribution in [-0.2, 0) is 0 Å². The highest BCUT2D eigenvalue weighted by Gasteiger charge is 2.15. The Bertz CT molecular complexity index is 516. The zero-order chi connectivity index (χ0) is 12.4. The van der Waals surface area contributed by atoms with E-state index in [-0.39, 0.29) is 0 Å². The second-order valence-corrected chi connectivity index (χ2v) is 4.66. The molecule has 0 bridgehead atoms. The summed E-state index contributed by atoms with van der Waals surface area (Å²) in [6, 6.07) is 7.57. The van der Waals surface area contributed by atoms with E-state index < -0.39 is 0 Å². The van der Waals surface area contributed by atoms with Gasteiger partial charge in [0, 0.05) is 36.8 Å². The van der Waals surface area contributed by atoms with Crippen LogP contribution in [0.4, 0.5) is 5.95 Å². The van der Waals surface area contributed by atoms with E-state index in [2.05, 4.69) is 25.4 Å². The summed E-state index contributed by atoms with van der Waals surface area (Å²) in [5.74, 6) is 1.54. The SMILES string of the molecule is Clc1ccc(-c2nc(N3CCNCC3)n[nH]2)cc1. The Balaban J connectivity index is 1.82. The molecular formula is C12H14ClN5. The van der Waals surface area contributed by atoms with Crippen molar-refractivity contribution in [3.63, 3.8) is 0 Å². The van der Waals surface area contributed by atoms with Crippen molar-refractivity contribution in [1.82, 2.24) is 20.5 Å². The Morgan fingerprint density at radius 3 is 2.56 bits per heavy atom. The van der Waals surface area contributed by atoms with Crippen LogP contribution in [0.2, 0.25) is 5.02 Å². The Morgan fingerprint density at radius 2 is 1.83 bits per heavy atom. The van der Waals surface area contributed by atoms with Crippen molar-refractivity contribution in [3.05, 3.63) is 29.3 Å². The molecule has 0 amide bonds. The number of anilines is 1. The fourth-order valence-electron chi connectivity index (χ4n) is 2.00. The molecule has 1 aromatic carbocycles. The zero-order valence-corrected chi connectivity index (χ0v) is 10.6. The fraction of sp³-hybridized carbons (Fsp3) is 0.333. The lowest BCUT2D eigenvalue weighted by Crippen LogP contribution is -2.44. The van der Waals surface area contributed by atoms with Gasteiger partial charge >= 0.3 is 0 Å². The van der Waals surface area contributed by atoms with Gasteiger partial charge in [0.1, 0.15) is 0 Å². The molecule has 0 spiro atoms. The highest BCUT2D eigenvalue weighted by molar-refractivity contribution is 6.30. The average Bonchev–Trinajstić information content (AvgIpc) is 2.90. The second-order valence-electron chi connectivity index (χ2n) is 4.23. The maximum Gasteiger partial charge on any atom is 0.245 e. The highest BCUT2D eigenvalue weighted by Crippen LogP contribution is 2.20. The predicted molar refractivity (Wildman–Crippen MR) is 71.9 cm³/mol. The smallest absolute Gasteiger partial charge is 0.245 e. The van der Waals surface area contributed by atoms with Crippen molar-refractivity contribution in [1.29, 1.82) is 0 Å². The lowest BCUT2D eigenvalue weighted by Gasteiger charge is -2.25. The Labute approximate surface area is 110 Å². The number of aromatic amines is 1. The van der Waals surface area contributed by atoms with Gasteiger partial charge in [0.25, 0.3) is 0 Å². The van der Waals surface area contributed by atoms with Crippen molar-refractivity contribution in [2.24, 2.45) is 0 Å². The van der Waals surface area contributed by atoms with Gasteiger partial charge in [0.05, 0.1) is 0 Å². The number of H-pyrrole nitrogens is 1. The van der Waals surface area contributed by atoms with Crippen molar-refractivity contribution in [2.45, 2.75) is 0 Å². The lowest BCUT2D eigenvalue weighted by atomic mass is 10.2. The molecule has 0 aliphatic carbocycles. The van der Waals surface area contributed by atoms with Crippen LogP contribution in [0.1, 0.15) is 0 Å². The molecule has 5 nitrogen and oxygen atoms in total. The maximum atomic E-state index is 5.86. The first kappa shape index (κ1) is 11.5. The summed E-state index contributed by atoms with van der Waals surface area (Å²) >= 11 is 5.86. The molecule has 1 aliphatic rings. The molecule has 2 aromatic rings. The van der Waals surface area contributed by atoms with Gasteiger partial charge in [0.15, 0.2) is 5.82 Å². The van der Waals surface area contributed by atoms with Crippen LogP contribution in [0.5, 0.6) is 0 Å². The summed E-state index contributed by atoms with van der Waals surface area (Å²) in [6.45, 7) is 3.84. The van der Waals surface area contributed by atoms with Gasteiger partial charge in [-0.05, 0) is 24.3 Å². The first-order chi connectivity index (χ1) is 8.83. The van der Waals surface area contributed by atoms with Crippen molar-refractivity contribution in [3.8, 4) is 11.4 Å². The minimum atomic E-state index is 0.723. The molecule has 18 heavy (non-hydrogen) atoms. The molecule has 0 radical (unpaired) electrons. The van der Waals surface area contributed by atoms with Crippen LogP contribution >= 0.6 is 11.6 Å². The van der Waals surface area contributed by atoms with Gasteiger partial charge in [-0.2, -0.15) is 4.98 Å². The molecule has 6 heteroatoms. The van der Waals surface area contributed by atoms with Crippen LogP contribution in [0, 0.1) is 0 Å². The third-order valence-corrected chi connectivity index (χ3v) is 3.24. The fourth-order valence-corrected chi connectivity index (χ4v) is 2.12. The lowest BCUT2D eigenvalue weighted by molar-refractivity contribution is 0.580. The average molecular weight is 264 g/mol. The van der Waals surface area contributed by atoms with Crippen LogP contribution in [0.15, 0.2) is 24.3 Å². The van der Waals surface area contributed by atoms with Crippen LogP contribution < -0.4 is 10.2 Å². The van der Waals surface area contributed by atoms with E-state index in [4.69, 9.17) is 11.6 Å². The van der Waals surface area contributed by atoms with Gasteiger partial charge < -0.3 is 10.2 Å². The number of nitrogens with one attached hydrogen (secondary N) is 2. The van der Waals surface area contributed by atoms with E-state index in [1.165, 1.54) is 0 Å². The monoisotopic (exact) mass is 263 g/mol. The summed E-state index contributed by atoms with van der Waals surface area (Å²) in [5.41, 5.74) is 0.994. The molecule has 0 unspecified atom stereocenters. The zero-order valence-electron chi connectivity index (χ0n) is 9.86. The number of benzene rings is 1. The highest BCUT2D eigenvalue weighted by atomic mass is 35.5. The van der Waals surface area contributed by atoms with Crippen molar-refractivity contribution in [2.75, 3.05) is 31.1 Å². The molecule has 0 atom stereocenters. The summed E-state index contributed by atoms with van der Waals surface area (Å²) < 4.78 is 0. The molecule has 1 aliphatic heterocycles. The van der Waals surface area contributed by atoms with E-state index in [0.717, 1.165) is 48.5 Å². The number of piperazine rings is 1. The number of hydrogen-bond donors (Lipinski definition) is 2. The van der Waals surface area contributed by atoms with E-state index >= 15 is 0 Å². The Hall–Kier alpha value is -1.59. The molecule has 94 valence electrons. The third kappa shape index (κ3) is 2.32. The molecule has 0 saturated carbocycles. The number of nitrogens with zero attached hydrogens (tertiary/aromatic N) is 3. The summed E-state index contributed by atoms with van der Waals surface area (Å²) in [4.78, 5) is 6.70. The van der Waals surface area contributed by atoms with Crippen molar-refractivity contribution >= 4 is 17.5 Å². The topological polar surface area (TPSA) is 56.8 Å². The second kappa shape index (κ2) is 4.96. The van der Waals surface area contributed by atoms with Gasteiger partial charge in [-0.15, -0.1) is 5.10 Å². The largest absolute Gasteiger partial charge is 0.337 e. The minimum Gasteiger partial charge on any atom is -0.337 e. The van der Waals surface area contributed by atoms with E-state index in [1.807, 2.05) is 24.3 Å².